The third-order valence-electron chi connectivity index (χ3n) is 3.99. The predicted molar refractivity (Wildman–Crippen MR) is 105 cm³/mol. The minimum absolute atomic E-state index is 0.0536. The highest BCUT2D eigenvalue weighted by molar-refractivity contribution is 7.90. The fourth-order valence-electron chi connectivity index (χ4n) is 2.55. The number of halogens is 1. The highest BCUT2D eigenvalue weighted by Crippen LogP contribution is 2.27. The van der Waals surface area contributed by atoms with Crippen molar-refractivity contribution in [3.63, 3.8) is 0 Å². The Morgan fingerprint density at radius 2 is 1.83 bits per heavy atom. The van der Waals surface area contributed by atoms with Gasteiger partial charge in [0.15, 0.2) is 9.84 Å². The van der Waals surface area contributed by atoms with Gasteiger partial charge in [0.1, 0.15) is 17.1 Å². The summed E-state index contributed by atoms with van der Waals surface area (Å²) in [6, 6.07) is 11.4. The number of amides is 1. The minimum atomic E-state index is -3.42. The highest BCUT2D eigenvalue weighted by Gasteiger charge is 2.18. The van der Waals surface area contributed by atoms with Crippen LogP contribution in [0.3, 0.4) is 0 Å². The Hall–Kier alpha value is -3.33. The van der Waals surface area contributed by atoms with Crippen molar-refractivity contribution < 1.29 is 22.3 Å². The van der Waals surface area contributed by atoms with Crippen LogP contribution in [0.1, 0.15) is 21.6 Å². The molecule has 1 amide bonds. The molecule has 0 radical (unpaired) electrons. The lowest BCUT2D eigenvalue weighted by atomic mass is 10.2. The van der Waals surface area contributed by atoms with Crippen LogP contribution >= 0.6 is 0 Å². The molecule has 0 unspecified atom stereocenters. The third-order valence-corrected chi connectivity index (χ3v) is 5.10. The van der Waals surface area contributed by atoms with Gasteiger partial charge in [-0.15, -0.1) is 5.10 Å². The molecule has 0 spiro atoms. The quantitative estimate of drug-likeness (QED) is 0.683. The van der Waals surface area contributed by atoms with Gasteiger partial charge in [-0.3, -0.25) is 4.79 Å². The van der Waals surface area contributed by atoms with Gasteiger partial charge < -0.3 is 10.1 Å². The molecule has 150 valence electrons. The van der Waals surface area contributed by atoms with E-state index in [4.69, 9.17) is 4.74 Å². The van der Waals surface area contributed by atoms with Crippen molar-refractivity contribution in [2.45, 2.75) is 18.7 Å². The zero-order valence-corrected chi connectivity index (χ0v) is 16.7. The van der Waals surface area contributed by atoms with E-state index in [1.54, 1.807) is 19.9 Å². The first-order valence-corrected chi connectivity index (χ1v) is 10.4. The maximum Gasteiger partial charge on any atom is 0.261 e. The summed E-state index contributed by atoms with van der Waals surface area (Å²) < 4.78 is 42.4. The van der Waals surface area contributed by atoms with Crippen molar-refractivity contribution in [1.82, 2.24) is 10.2 Å². The third kappa shape index (κ3) is 4.94. The maximum atomic E-state index is 13.3. The Bertz CT molecular complexity index is 1200. The predicted octanol–water partition coefficient (Wildman–Crippen LogP) is 3.68. The van der Waals surface area contributed by atoms with Gasteiger partial charge in [-0.1, -0.05) is 6.07 Å². The fourth-order valence-corrected chi connectivity index (χ4v) is 3.22. The second-order valence-electron chi connectivity index (χ2n) is 6.47. The molecule has 0 saturated heterocycles. The lowest BCUT2D eigenvalue weighted by Gasteiger charge is -2.12. The summed E-state index contributed by atoms with van der Waals surface area (Å²) in [7, 11) is -3.42. The van der Waals surface area contributed by atoms with Crippen molar-refractivity contribution in [3.8, 4) is 11.6 Å². The Morgan fingerprint density at radius 3 is 2.52 bits per heavy atom. The molecular weight excluding hydrogens is 397 g/mol. The van der Waals surface area contributed by atoms with Crippen molar-refractivity contribution >= 4 is 21.4 Å². The molecule has 1 heterocycles. The number of aromatic nitrogens is 2. The Balaban J connectivity index is 1.92. The molecule has 3 aromatic rings. The number of rotatable bonds is 5. The number of benzene rings is 2. The minimum Gasteiger partial charge on any atom is -0.437 e. The van der Waals surface area contributed by atoms with Gasteiger partial charge in [-0.2, -0.15) is 5.10 Å². The number of sulfone groups is 1. The average molecular weight is 415 g/mol. The molecule has 7 nitrogen and oxygen atoms in total. The number of ether oxygens (including phenoxy) is 1. The van der Waals surface area contributed by atoms with Gasteiger partial charge in [0.05, 0.1) is 10.6 Å². The molecule has 1 N–H and O–H groups in total. The van der Waals surface area contributed by atoms with Gasteiger partial charge >= 0.3 is 0 Å². The van der Waals surface area contributed by atoms with Gasteiger partial charge in [0.25, 0.3) is 11.8 Å². The summed E-state index contributed by atoms with van der Waals surface area (Å²) in [6.45, 7) is 3.33. The zero-order chi connectivity index (χ0) is 21.2. The molecular formula is C20H18FN3O4S. The topological polar surface area (TPSA) is 98.2 Å². The largest absolute Gasteiger partial charge is 0.437 e. The zero-order valence-electron chi connectivity index (χ0n) is 15.9. The van der Waals surface area contributed by atoms with Gasteiger partial charge in [-0.25, -0.2) is 12.8 Å². The highest BCUT2D eigenvalue weighted by atomic mass is 32.2. The van der Waals surface area contributed by atoms with Crippen molar-refractivity contribution in [2.24, 2.45) is 0 Å². The first-order valence-electron chi connectivity index (χ1n) is 8.53. The fraction of sp³-hybridized carbons (Fsp3) is 0.150. The SMILES string of the molecule is Cc1cc(C(=O)Nc2cccc(S(C)(=O)=O)c2)c(Oc2ccc(F)cc2C)nn1. The monoisotopic (exact) mass is 415 g/mol. The van der Waals surface area contributed by atoms with E-state index in [9.17, 15) is 17.6 Å². The smallest absolute Gasteiger partial charge is 0.261 e. The molecule has 0 bridgehead atoms. The van der Waals surface area contributed by atoms with Crippen LogP contribution in [0.2, 0.25) is 0 Å². The van der Waals surface area contributed by atoms with E-state index in [0.717, 1.165) is 6.26 Å². The molecule has 0 atom stereocenters. The van der Waals surface area contributed by atoms with Crippen LogP contribution in [0.15, 0.2) is 53.4 Å². The molecule has 1 aromatic heterocycles. The summed E-state index contributed by atoms with van der Waals surface area (Å²) in [5, 5.41) is 10.5. The van der Waals surface area contributed by atoms with Crippen LogP contribution in [-0.4, -0.2) is 30.8 Å². The van der Waals surface area contributed by atoms with E-state index < -0.39 is 21.6 Å². The molecule has 0 aliphatic heterocycles. The number of aryl methyl sites for hydroxylation is 2. The number of hydrogen-bond acceptors (Lipinski definition) is 6. The Labute approximate surface area is 167 Å². The first-order chi connectivity index (χ1) is 13.6. The number of anilines is 1. The number of hydrogen-bond donors (Lipinski definition) is 1. The van der Waals surface area contributed by atoms with Crippen LogP contribution in [-0.2, 0) is 9.84 Å². The van der Waals surface area contributed by atoms with Crippen LogP contribution in [0.5, 0.6) is 11.6 Å². The molecule has 9 heteroatoms. The lowest BCUT2D eigenvalue weighted by molar-refractivity contribution is 0.102. The number of nitrogens with zero attached hydrogens (tertiary/aromatic N) is 2. The Morgan fingerprint density at radius 1 is 1.07 bits per heavy atom. The second kappa shape index (κ2) is 7.96. The molecule has 0 fully saturated rings. The van der Waals surface area contributed by atoms with Crippen molar-refractivity contribution in [3.05, 3.63) is 71.2 Å². The normalized spacial score (nSPS) is 11.2. The van der Waals surface area contributed by atoms with Crippen molar-refractivity contribution in [1.29, 1.82) is 0 Å². The first kappa shape index (κ1) is 20.4. The molecule has 3 rings (SSSR count). The average Bonchev–Trinajstić information content (AvgIpc) is 2.64. The van der Waals surface area contributed by atoms with Crippen LogP contribution < -0.4 is 10.1 Å². The lowest BCUT2D eigenvalue weighted by Crippen LogP contribution is -2.15. The Kier molecular flexibility index (Phi) is 5.60. The van der Waals surface area contributed by atoms with Gasteiger partial charge in [0.2, 0.25) is 0 Å². The van der Waals surface area contributed by atoms with Crippen LogP contribution in [0, 0.1) is 19.7 Å². The van der Waals surface area contributed by atoms with E-state index in [-0.39, 0.29) is 16.3 Å². The summed E-state index contributed by atoms with van der Waals surface area (Å²) in [5.41, 5.74) is 1.42. The number of carbonyl (C=O) groups is 1. The second-order valence-corrected chi connectivity index (χ2v) is 8.49. The standard InChI is InChI=1S/C20H18FN3O4S/c1-12-9-14(21)7-8-18(12)28-20-17(10-13(2)23-24-20)19(25)22-15-5-4-6-16(11-15)29(3,26)27/h4-11H,1-3H3,(H,22,25). The molecule has 0 aliphatic rings. The molecule has 2 aromatic carbocycles. The maximum absolute atomic E-state index is 13.3. The summed E-state index contributed by atoms with van der Waals surface area (Å²) in [6.07, 6.45) is 1.08. The van der Waals surface area contributed by atoms with Crippen LogP contribution in [0.4, 0.5) is 10.1 Å². The van der Waals surface area contributed by atoms with E-state index in [1.807, 2.05) is 0 Å². The van der Waals surface area contributed by atoms with E-state index in [2.05, 4.69) is 15.5 Å². The van der Waals surface area contributed by atoms with E-state index in [1.165, 1.54) is 42.5 Å². The van der Waals surface area contributed by atoms with Crippen LogP contribution in [0.25, 0.3) is 0 Å². The molecule has 0 saturated carbocycles. The van der Waals surface area contributed by atoms with E-state index >= 15 is 0 Å². The number of nitrogens with one attached hydrogen (secondary N) is 1. The summed E-state index contributed by atoms with van der Waals surface area (Å²) in [4.78, 5) is 12.9. The number of carbonyl (C=O) groups excluding carboxylic acids is 1. The van der Waals surface area contributed by atoms with Crippen molar-refractivity contribution in [2.75, 3.05) is 11.6 Å². The molecule has 29 heavy (non-hydrogen) atoms. The molecule has 0 aliphatic carbocycles. The summed E-state index contributed by atoms with van der Waals surface area (Å²) >= 11 is 0. The van der Waals surface area contributed by atoms with Gasteiger partial charge in [0, 0.05) is 11.9 Å². The summed E-state index contributed by atoms with van der Waals surface area (Å²) in [5.74, 6) is -0.684. The van der Waals surface area contributed by atoms with Gasteiger partial charge in [-0.05, 0) is 61.9 Å². The van der Waals surface area contributed by atoms with E-state index in [0.29, 0.717) is 22.7 Å².